The summed E-state index contributed by atoms with van der Waals surface area (Å²) in [5.41, 5.74) is 0. The van der Waals surface area contributed by atoms with Crippen molar-refractivity contribution < 1.29 is 0 Å². The summed E-state index contributed by atoms with van der Waals surface area (Å²) < 4.78 is 0. The lowest BCUT2D eigenvalue weighted by Crippen LogP contribution is -2.18. The highest BCUT2D eigenvalue weighted by Gasteiger charge is 2.12. The van der Waals surface area contributed by atoms with E-state index >= 15 is 0 Å². The molecule has 1 N–H and O–H groups in total. The van der Waals surface area contributed by atoms with Crippen molar-refractivity contribution in [2.24, 2.45) is 4.99 Å². The normalized spacial score (nSPS) is 20.0. The van der Waals surface area contributed by atoms with E-state index in [1.165, 1.54) is 32.1 Å². The first kappa shape index (κ1) is 11.1. The fraction of sp³-hybridized carbons (Fsp3) is 0.750. The van der Waals surface area contributed by atoms with Gasteiger partial charge in [-0.2, -0.15) is 0 Å². The molecule has 0 saturated carbocycles. The minimum atomic E-state index is 0.530. The average Bonchev–Trinajstić information content (AvgIpc) is 2.58. The molecule has 1 atom stereocenters. The molecule has 0 radical (unpaired) electrons. The summed E-state index contributed by atoms with van der Waals surface area (Å²) in [5.74, 6) is 3.77. The molecule has 14 heavy (non-hydrogen) atoms. The molecule has 0 fully saturated rings. The fourth-order valence-corrected chi connectivity index (χ4v) is 1.76. The van der Waals surface area contributed by atoms with Gasteiger partial charge in [-0.25, -0.2) is 0 Å². The van der Waals surface area contributed by atoms with E-state index < -0.39 is 0 Å². The molecule has 0 aliphatic carbocycles. The van der Waals surface area contributed by atoms with Gasteiger partial charge in [-0.05, 0) is 19.8 Å². The molecule has 1 heterocycles. The molecule has 0 amide bonds. The van der Waals surface area contributed by atoms with Crippen LogP contribution in [0, 0.1) is 12.3 Å². The van der Waals surface area contributed by atoms with Crippen molar-refractivity contribution in [1.29, 1.82) is 0 Å². The van der Waals surface area contributed by atoms with Crippen LogP contribution in [-0.2, 0) is 0 Å². The molecule has 1 aliphatic rings. The second-order valence-electron chi connectivity index (χ2n) is 3.91. The van der Waals surface area contributed by atoms with Crippen LogP contribution in [0.4, 0.5) is 0 Å². The van der Waals surface area contributed by atoms with Gasteiger partial charge in [0, 0.05) is 13.0 Å². The Labute approximate surface area is 87.2 Å². The van der Waals surface area contributed by atoms with Crippen LogP contribution in [0.5, 0.6) is 0 Å². The molecule has 1 unspecified atom stereocenters. The van der Waals surface area contributed by atoms with Gasteiger partial charge in [0.15, 0.2) is 0 Å². The minimum absolute atomic E-state index is 0.530. The monoisotopic (exact) mass is 192 g/mol. The van der Waals surface area contributed by atoms with Crippen molar-refractivity contribution in [3.05, 3.63) is 0 Å². The Hall–Kier alpha value is -0.970. The molecule has 78 valence electrons. The quantitative estimate of drug-likeness (QED) is 0.507. The second-order valence-corrected chi connectivity index (χ2v) is 3.91. The van der Waals surface area contributed by atoms with Crippen molar-refractivity contribution in [1.82, 2.24) is 5.32 Å². The van der Waals surface area contributed by atoms with Crippen LogP contribution in [0.2, 0.25) is 0 Å². The van der Waals surface area contributed by atoms with Gasteiger partial charge in [-0.3, -0.25) is 4.99 Å². The number of amidine groups is 1. The summed E-state index contributed by atoms with van der Waals surface area (Å²) in [6, 6.07) is 0.530. The topological polar surface area (TPSA) is 24.4 Å². The van der Waals surface area contributed by atoms with E-state index in [-0.39, 0.29) is 0 Å². The SMILES string of the molecule is C#CCCCCCCC1CNC(C)=N1. The molecule has 0 aromatic rings. The molecule has 2 nitrogen and oxygen atoms in total. The van der Waals surface area contributed by atoms with Crippen molar-refractivity contribution in [2.45, 2.75) is 51.5 Å². The largest absolute Gasteiger partial charge is 0.372 e. The van der Waals surface area contributed by atoms with Crippen LogP contribution in [0.25, 0.3) is 0 Å². The molecule has 0 aromatic carbocycles. The zero-order valence-electron chi connectivity index (χ0n) is 9.05. The first-order valence-corrected chi connectivity index (χ1v) is 5.54. The van der Waals surface area contributed by atoms with E-state index in [1.54, 1.807) is 0 Å². The van der Waals surface area contributed by atoms with E-state index in [2.05, 4.69) is 16.2 Å². The smallest absolute Gasteiger partial charge is 0.0936 e. The summed E-state index contributed by atoms with van der Waals surface area (Å²) in [7, 11) is 0. The van der Waals surface area contributed by atoms with E-state index in [0.29, 0.717) is 6.04 Å². The minimum Gasteiger partial charge on any atom is -0.372 e. The van der Waals surface area contributed by atoms with Gasteiger partial charge < -0.3 is 5.32 Å². The van der Waals surface area contributed by atoms with E-state index in [1.807, 2.05) is 6.92 Å². The molecule has 2 heteroatoms. The molecule has 0 bridgehead atoms. The Morgan fingerprint density at radius 2 is 2.21 bits per heavy atom. The van der Waals surface area contributed by atoms with Gasteiger partial charge in [-0.1, -0.05) is 19.3 Å². The Balaban J connectivity index is 1.92. The fourth-order valence-electron chi connectivity index (χ4n) is 1.76. The zero-order valence-corrected chi connectivity index (χ0v) is 9.05. The van der Waals surface area contributed by atoms with Gasteiger partial charge in [0.2, 0.25) is 0 Å². The Bertz CT molecular complexity index is 225. The summed E-state index contributed by atoms with van der Waals surface area (Å²) >= 11 is 0. The maximum Gasteiger partial charge on any atom is 0.0936 e. The number of hydrogen-bond donors (Lipinski definition) is 1. The lowest BCUT2D eigenvalue weighted by atomic mass is 10.1. The Kier molecular flexibility index (Phi) is 5.14. The lowest BCUT2D eigenvalue weighted by Gasteiger charge is -2.04. The number of terminal acetylenes is 1. The van der Waals surface area contributed by atoms with Gasteiger partial charge in [0.05, 0.1) is 11.9 Å². The Morgan fingerprint density at radius 1 is 1.43 bits per heavy atom. The highest BCUT2D eigenvalue weighted by molar-refractivity contribution is 5.81. The lowest BCUT2D eigenvalue weighted by molar-refractivity contribution is 0.557. The van der Waals surface area contributed by atoms with Crippen LogP contribution >= 0.6 is 0 Å². The molecule has 0 spiro atoms. The average molecular weight is 192 g/mol. The van der Waals surface area contributed by atoms with E-state index in [4.69, 9.17) is 6.42 Å². The summed E-state index contributed by atoms with van der Waals surface area (Å²) in [6.45, 7) is 3.07. The highest BCUT2D eigenvalue weighted by atomic mass is 15.1. The van der Waals surface area contributed by atoms with E-state index in [0.717, 1.165) is 18.8 Å². The van der Waals surface area contributed by atoms with Gasteiger partial charge in [0.1, 0.15) is 0 Å². The number of unbranched alkanes of at least 4 members (excludes halogenated alkanes) is 4. The number of aliphatic imine (C=N–C) groups is 1. The summed E-state index contributed by atoms with van der Waals surface area (Å²) in [5, 5.41) is 3.25. The summed E-state index contributed by atoms with van der Waals surface area (Å²) in [6.07, 6.45) is 12.4. The van der Waals surface area contributed by atoms with Crippen molar-refractivity contribution in [3.63, 3.8) is 0 Å². The zero-order chi connectivity index (χ0) is 10.2. The second kappa shape index (κ2) is 6.48. The number of hydrogen-bond acceptors (Lipinski definition) is 2. The molecule has 0 aromatic heterocycles. The van der Waals surface area contributed by atoms with Gasteiger partial charge in [0.25, 0.3) is 0 Å². The van der Waals surface area contributed by atoms with Crippen LogP contribution in [-0.4, -0.2) is 18.4 Å². The predicted octanol–water partition coefficient (Wildman–Crippen LogP) is 2.35. The van der Waals surface area contributed by atoms with Crippen molar-refractivity contribution >= 4 is 5.84 Å². The van der Waals surface area contributed by atoms with Gasteiger partial charge in [-0.15, -0.1) is 12.3 Å². The van der Waals surface area contributed by atoms with Crippen molar-refractivity contribution in [2.75, 3.05) is 6.54 Å². The number of nitrogens with one attached hydrogen (secondary N) is 1. The van der Waals surface area contributed by atoms with E-state index in [9.17, 15) is 0 Å². The first-order chi connectivity index (χ1) is 6.83. The van der Waals surface area contributed by atoms with Crippen LogP contribution in [0.3, 0.4) is 0 Å². The van der Waals surface area contributed by atoms with Crippen molar-refractivity contribution in [3.8, 4) is 12.3 Å². The molecular formula is C12H20N2. The Morgan fingerprint density at radius 3 is 2.86 bits per heavy atom. The standard InChI is InChI=1S/C12H20N2/c1-3-4-5-6-7-8-9-12-10-13-11(2)14-12/h1,12H,4-10H2,2H3,(H,13,14). The van der Waals surface area contributed by atoms with Crippen LogP contribution in [0.1, 0.15) is 45.4 Å². The third-order valence-corrected chi connectivity index (χ3v) is 2.58. The number of rotatable bonds is 6. The third-order valence-electron chi connectivity index (χ3n) is 2.58. The summed E-state index contributed by atoms with van der Waals surface area (Å²) in [4.78, 5) is 4.50. The predicted molar refractivity (Wildman–Crippen MR) is 61.4 cm³/mol. The third kappa shape index (κ3) is 4.32. The molecular weight excluding hydrogens is 172 g/mol. The first-order valence-electron chi connectivity index (χ1n) is 5.54. The van der Waals surface area contributed by atoms with Crippen LogP contribution in [0.15, 0.2) is 4.99 Å². The molecule has 0 saturated heterocycles. The van der Waals surface area contributed by atoms with Gasteiger partial charge >= 0.3 is 0 Å². The maximum atomic E-state index is 5.18. The molecule has 1 aliphatic heterocycles. The number of nitrogens with zero attached hydrogens (tertiary/aromatic N) is 1. The highest BCUT2D eigenvalue weighted by Crippen LogP contribution is 2.11. The van der Waals surface area contributed by atoms with Crippen LogP contribution < -0.4 is 5.32 Å². The molecule has 1 rings (SSSR count). The maximum absolute atomic E-state index is 5.18.